The van der Waals surface area contributed by atoms with Crippen molar-refractivity contribution in [2.24, 2.45) is 0 Å². The highest BCUT2D eigenvalue weighted by Crippen LogP contribution is 2.24. The first-order valence-electron chi connectivity index (χ1n) is 6.71. The number of pyridine rings is 1. The highest BCUT2D eigenvalue weighted by molar-refractivity contribution is 7.98. The van der Waals surface area contributed by atoms with Crippen molar-refractivity contribution in [2.45, 2.75) is 19.0 Å². The van der Waals surface area contributed by atoms with Crippen LogP contribution in [0, 0.1) is 13.8 Å². The van der Waals surface area contributed by atoms with Crippen LogP contribution in [0.1, 0.15) is 11.1 Å². The molecule has 0 atom stereocenters. The maximum atomic E-state index is 12.8. The molecular weight excluding hydrogens is 318 g/mol. The summed E-state index contributed by atoms with van der Waals surface area (Å²) in [6.07, 6.45) is 5.28. The molecule has 6 heteroatoms. The van der Waals surface area contributed by atoms with Gasteiger partial charge in [0, 0.05) is 12.4 Å². The first-order valence-corrected chi connectivity index (χ1v) is 8.31. The second-order valence-electron chi connectivity index (χ2n) is 5.01. The Bertz CT molecular complexity index is 916. The molecule has 0 bridgehead atoms. The second-order valence-corrected chi connectivity index (χ2v) is 6.19. The van der Waals surface area contributed by atoms with Gasteiger partial charge in [0.15, 0.2) is 5.16 Å². The molecule has 0 unspecified atom stereocenters. The normalized spacial score (nSPS) is 11.1. The molecule has 112 valence electrons. The zero-order valence-electron chi connectivity index (χ0n) is 12.4. The van der Waals surface area contributed by atoms with Gasteiger partial charge in [-0.1, -0.05) is 35.5 Å². The van der Waals surface area contributed by atoms with E-state index in [9.17, 15) is 4.79 Å². The monoisotopic (exact) mass is 331 g/mol. The molecule has 1 aromatic carbocycles. The van der Waals surface area contributed by atoms with E-state index in [0.29, 0.717) is 26.8 Å². The van der Waals surface area contributed by atoms with Crippen LogP contribution in [-0.2, 0) is 0 Å². The predicted octanol–water partition coefficient (Wildman–Crippen LogP) is 3.77. The average molecular weight is 332 g/mol. The van der Waals surface area contributed by atoms with Crippen LogP contribution >= 0.6 is 23.4 Å². The second kappa shape index (κ2) is 5.74. The van der Waals surface area contributed by atoms with E-state index in [0.717, 1.165) is 11.1 Å². The fourth-order valence-corrected chi connectivity index (χ4v) is 3.11. The van der Waals surface area contributed by atoms with Crippen molar-refractivity contribution in [3.05, 3.63) is 57.1 Å². The molecule has 4 nitrogen and oxygen atoms in total. The molecule has 0 saturated heterocycles. The summed E-state index contributed by atoms with van der Waals surface area (Å²) in [7, 11) is 0. The minimum Gasteiger partial charge on any atom is -0.282 e. The molecule has 0 aliphatic carbocycles. The number of hydrogen-bond acceptors (Lipinski definition) is 4. The Morgan fingerprint density at radius 3 is 2.68 bits per heavy atom. The van der Waals surface area contributed by atoms with Gasteiger partial charge in [0.25, 0.3) is 5.56 Å². The van der Waals surface area contributed by atoms with Gasteiger partial charge < -0.3 is 0 Å². The Labute approximate surface area is 137 Å². The molecule has 2 aromatic heterocycles. The number of aryl methyl sites for hydroxylation is 2. The summed E-state index contributed by atoms with van der Waals surface area (Å²) < 4.78 is 1.58. The van der Waals surface area contributed by atoms with Crippen LogP contribution in [0.25, 0.3) is 16.6 Å². The van der Waals surface area contributed by atoms with Crippen LogP contribution in [0.3, 0.4) is 0 Å². The van der Waals surface area contributed by atoms with Gasteiger partial charge in [-0.25, -0.2) is 9.97 Å². The number of fused-ring (bicyclic) bond motifs is 1. The molecule has 0 fully saturated rings. The first kappa shape index (κ1) is 15.1. The Hall–Kier alpha value is -1.85. The lowest BCUT2D eigenvalue weighted by atomic mass is 10.1. The quantitative estimate of drug-likeness (QED) is 0.529. The summed E-state index contributed by atoms with van der Waals surface area (Å²) in [5, 5.41) is 1.70. The minimum absolute atomic E-state index is 0.163. The van der Waals surface area contributed by atoms with Crippen molar-refractivity contribution in [3.8, 4) is 5.69 Å². The average Bonchev–Trinajstić information content (AvgIpc) is 2.51. The molecular formula is C16H14ClN3OS. The largest absolute Gasteiger partial charge is 0.282 e. The van der Waals surface area contributed by atoms with Crippen LogP contribution in [0.15, 0.2) is 40.5 Å². The van der Waals surface area contributed by atoms with Crippen molar-refractivity contribution in [1.82, 2.24) is 14.5 Å². The number of rotatable bonds is 2. The summed E-state index contributed by atoms with van der Waals surface area (Å²) in [5.74, 6) is 0. The van der Waals surface area contributed by atoms with Gasteiger partial charge in [0.2, 0.25) is 0 Å². The highest BCUT2D eigenvalue weighted by atomic mass is 35.5. The van der Waals surface area contributed by atoms with Crippen LogP contribution in [0.5, 0.6) is 0 Å². The number of hydrogen-bond donors (Lipinski definition) is 0. The fraction of sp³-hybridized carbons (Fsp3) is 0.188. The van der Waals surface area contributed by atoms with E-state index in [2.05, 4.69) is 9.97 Å². The minimum atomic E-state index is -0.163. The molecule has 0 N–H and O–H groups in total. The van der Waals surface area contributed by atoms with Crippen molar-refractivity contribution < 1.29 is 0 Å². The van der Waals surface area contributed by atoms with Crippen LogP contribution < -0.4 is 5.56 Å². The van der Waals surface area contributed by atoms with Gasteiger partial charge >= 0.3 is 0 Å². The third kappa shape index (κ3) is 2.40. The van der Waals surface area contributed by atoms with E-state index >= 15 is 0 Å². The SMILES string of the molecule is CSc1ncc2c(=O)n(-c3c(C)cccc3Cl)cc(C)c2n1. The summed E-state index contributed by atoms with van der Waals surface area (Å²) in [6.45, 7) is 3.86. The summed E-state index contributed by atoms with van der Waals surface area (Å²) in [6, 6.07) is 5.58. The van der Waals surface area contributed by atoms with Crippen molar-refractivity contribution in [1.29, 1.82) is 0 Å². The van der Waals surface area contributed by atoms with Gasteiger partial charge in [-0.2, -0.15) is 0 Å². The van der Waals surface area contributed by atoms with Gasteiger partial charge in [0.05, 0.1) is 21.6 Å². The molecule has 3 aromatic rings. The molecule has 0 saturated carbocycles. The summed E-state index contributed by atoms with van der Waals surface area (Å²) >= 11 is 7.74. The number of thioether (sulfide) groups is 1. The zero-order chi connectivity index (χ0) is 15.9. The molecule has 0 aliphatic heterocycles. The van der Waals surface area contributed by atoms with Gasteiger partial charge in [-0.15, -0.1) is 0 Å². The summed E-state index contributed by atoms with van der Waals surface area (Å²) in [5.41, 5.74) is 3.07. The van der Waals surface area contributed by atoms with E-state index in [1.807, 2.05) is 32.2 Å². The lowest BCUT2D eigenvalue weighted by Crippen LogP contribution is -2.20. The zero-order valence-corrected chi connectivity index (χ0v) is 14.0. The third-order valence-electron chi connectivity index (χ3n) is 3.52. The Morgan fingerprint density at radius 1 is 1.23 bits per heavy atom. The van der Waals surface area contributed by atoms with Crippen molar-refractivity contribution in [2.75, 3.05) is 6.26 Å². The van der Waals surface area contributed by atoms with E-state index in [-0.39, 0.29) is 5.56 Å². The number of benzene rings is 1. The van der Waals surface area contributed by atoms with Crippen LogP contribution in [-0.4, -0.2) is 20.8 Å². The predicted molar refractivity (Wildman–Crippen MR) is 91.4 cm³/mol. The first-order chi connectivity index (χ1) is 10.5. The smallest absolute Gasteiger partial charge is 0.266 e. The van der Waals surface area contributed by atoms with Crippen LogP contribution in [0.4, 0.5) is 0 Å². The van der Waals surface area contributed by atoms with Crippen molar-refractivity contribution >= 4 is 34.3 Å². The van der Waals surface area contributed by atoms with Gasteiger partial charge in [0.1, 0.15) is 0 Å². The Morgan fingerprint density at radius 2 is 2.00 bits per heavy atom. The molecule has 0 spiro atoms. The molecule has 0 radical (unpaired) electrons. The molecule has 3 rings (SSSR count). The standard InChI is InChI=1S/C16H14ClN3OS/c1-9-5-4-6-12(17)14(9)20-8-10(2)13-11(15(20)21)7-18-16(19-13)22-3/h4-8H,1-3H3. The summed E-state index contributed by atoms with van der Waals surface area (Å²) in [4.78, 5) is 21.5. The topological polar surface area (TPSA) is 47.8 Å². The molecule has 0 amide bonds. The van der Waals surface area contributed by atoms with E-state index in [1.165, 1.54) is 11.8 Å². The Balaban J connectivity index is 2.38. The molecule has 22 heavy (non-hydrogen) atoms. The maximum Gasteiger partial charge on any atom is 0.266 e. The molecule has 0 aliphatic rings. The van der Waals surface area contributed by atoms with E-state index < -0.39 is 0 Å². The van der Waals surface area contributed by atoms with Crippen molar-refractivity contribution in [3.63, 3.8) is 0 Å². The number of aromatic nitrogens is 3. The Kier molecular flexibility index (Phi) is 3.93. The fourth-order valence-electron chi connectivity index (χ4n) is 2.46. The van der Waals surface area contributed by atoms with Crippen LogP contribution in [0.2, 0.25) is 5.02 Å². The van der Waals surface area contributed by atoms with Gasteiger partial charge in [-0.05, 0) is 37.3 Å². The number of nitrogens with zero attached hydrogens (tertiary/aromatic N) is 3. The number of para-hydroxylation sites is 1. The lowest BCUT2D eigenvalue weighted by molar-refractivity contribution is 0.952. The lowest BCUT2D eigenvalue weighted by Gasteiger charge is -2.13. The maximum absolute atomic E-state index is 12.8. The van der Waals surface area contributed by atoms with E-state index in [1.54, 1.807) is 23.0 Å². The highest BCUT2D eigenvalue weighted by Gasteiger charge is 2.13. The third-order valence-corrected chi connectivity index (χ3v) is 4.39. The van der Waals surface area contributed by atoms with E-state index in [4.69, 9.17) is 11.6 Å². The van der Waals surface area contributed by atoms with Gasteiger partial charge in [-0.3, -0.25) is 9.36 Å². The number of halogens is 1. The molecule has 2 heterocycles.